The van der Waals surface area contributed by atoms with Gasteiger partial charge in [0.1, 0.15) is 17.6 Å². The van der Waals surface area contributed by atoms with Crippen molar-refractivity contribution in [2.45, 2.75) is 6.04 Å². The molecule has 1 atom stereocenters. The molecule has 1 aromatic heterocycles. The van der Waals surface area contributed by atoms with Crippen LogP contribution in [0.1, 0.15) is 27.9 Å². The number of hydrogen-bond acceptors (Lipinski definition) is 5. The van der Waals surface area contributed by atoms with Gasteiger partial charge in [0.15, 0.2) is 0 Å². The van der Waals surface area contributed by atoms with Crippen LogP contribution in [0.15, 0.2) is 77.2 Å². The highest BCUT2D eigenvalue weighted by Crippen LogP contribution is 2.29. The fourth-order valence-corrected chi connectivity index (χ4v) is 3.27. The van der Waals surface area contributed by atoms with Gasteiger partial charge in [0.05, 0.1) is 12.7 Å². The summed E-state index contributed by atoms with van der Waals surface area (Å²) in [6.07, 6.45) is 0. The molecule has 0 radical (unpaired) electrons. The number of carbonyl (C=O) groups excluding carboxylic acids is 1. The molecule has 0 aliphatic carbocycles. The molecule has 4 rings (SSSR count). The van der Waals surface area contributed by atoms with E-state index in [9.17, 15) is 9.18 Å². The number of carbonyl (C=O) groups is 1. The Balaban J connectivity index is 1.73. The van der Waals surface area contributed by atoms with Crippen LogP contribution in [0.25, 0.3) is 11.5 Å². The van der Waals surface area contributed by atoms with E-state index < -0.39 is 17.8 Å². The molecule has 31 heavy (non-hydrogen) atoms. The second-order valence-electron chi connectivity index (χ2n) is 6.58. The molecule has 0 saturated heterocycles. The van der Waals surface area contributed by atoms with Crippen LogP contribution in [0.4, 0.5) is 4.39 Å². The summed E-state index contributed by atoms with van der Waals surface area (Å²) in [5.41, 5.74) is 1.08. The number of benzene rings is 3. The minimum absolute atomic E-state index is 0.0401. The number of halogens is 2. The summed E-state index contributed by atoms with van der Waals surface area (Å²) in [5, 5.41) is 11.2. The molecule has 0 aliphatic heterocycles. The fraction of sp³-hybridized carbons (Fsp3) is 0.0870. The fourth-order valence-electron chi connectivity index (χ4n) is 3.10. The number of nitrogens with one attached hydrogen (secondary N) is 1. The maximum absolute atomic E-state index is 14.6. The predicted octanol–water partition coefficient (Wildman–Crippen LogP) is 5.06. The van der Waals surface area contributed by atoms with Crippen molar-refractivity contribution in [2.24, 2.45) is 0 Å². The molecule has 0 fully saturated rings. The van der Waals surface area contributed by atoms with Gasteiger partial charge < -0.3 is 14.5 Å². The Labute approximate surface area is 182 Å². The van der Waals surface area contributed by atoms with Crippen molar-refractivity contribution in [1.29, 1.82) is 0 Å². The molecule has 8 heteroatoms. The first-order valence-corrected chi connectivity index (χ1v) is 9.72. The summed E-state index contributed by atoms with van der Waals surface area (Å²) >= 11 is 6.05. The van der Waals surface area contributed by atoms with Crippen LogP contribution < -0.4 is 10.1 Å². The zero-order valence-corrected chi connectivity index (χ0v) is 17.1. The van der Waals surface area contributed by atoms with Crippen molar-refractivity contribution < 1.29 is 18.3 Å². The number of rotatable bonds is 6. The molecule has 1 heterocycles. The van der Waals surface area contributed by atoms with Gasteiger partial charge in [0, 0.05) is 16.1 Å². The van der Waals surface area contributed by atoms with E-state index in [-0.39, 0.29) is 22.9 Å². The second kappa shape index (κ2) is 8.97. The smallest absolute Gasteiger partial charge is 0.256 e. The van der Waals surface area contributed by atoms with E-state index in [4.69, 9.17) is 20.8 Å². The first-order chi connectivity index (χ1) is 15.1. The summed E-state index contributed by atoms with van der Waals surface area (Å²) in [5.74, 6) is -0.438. The molecule has 0 saturated carbocycles. The van der Waals surface area contributed by atoms with Gasteiger partial charge >= 0.3 is 0 Å². The minimum Gasteiger partial charge on any atom is -0.496 e. The summed E-state index contributed by atoms with van der Waals surface area (Å²) in [6.45, 7) is 0. The van der Waals surface area contributed by atoms with Gasteiger partial charge in [-0.3, -0.25) is 4.79 Å². The molecular weight excluding hydrogens is 421 g/mol. The van der Waals surface area contributed by atoms with Crippen molar-refractivity contribution >= 4 is 17.5 Å². The molecule has 1 N–H and O–H groups in total. The van der Waals surface area contributed by atoms with Crippen LogP contribution in [-0.2, 0) is 0 Å². The Morgan fingerprint density at radius 1 is 1.06 bits per heavy atom. The van der Waals surface area contributed by atoms with Crippen LogP contribution in [0.2, 0.25) is 5.02 Å². The van der Waals surface area contributed by atoms with E-state index in [1.54, 1.807) is 30.3 Å². The third kappa shape index (κ3) is 4.41. The monoisotopic (exact) mass is 437 g/mol. The number of methoxy groups -OCH3 is 1. The Morgan fingerprint density at radius 3 is 2.55 bits per heavy atom. The molecule has 0 bridgehead atoms. The van der Waals surface area contributed by atoms with Gasteiger partial charge in [-0.15, -0.1) is 10.2 Å². The lowest BCUT2D eigenvalue weighted by Gasteiger charge is -2.17. The highest BCUT2D eigenvalue weighted by molar-refractivity contribution is 6.31. The predicted molar refractivity (Wildman–Crippen MR) is 113 cm³/mol. The van der Waals surface area contributed by atoms with Crippen LogP contribution in [0.3, 0.4) is 0 Å². The lowest BCUT2D eigenvalue weighted by atomic mass is 10.1. The number of nitrogens with zero attached hydrogens (tertiary/aromatic N) is 2. The third-order valence-electron chi connectivity index (χ3n) is 4.61. The average Bonchev–Trinajstić information content (AvgIpc) is 3.28. The highest BCUT2D eigenvalue weighted by atomic mass is 35.5. The molecule has 6 nitrogen and oxygen atoms in total. The maximum atomic E-state index is 14.6. The summed E-state index contributed by atoms with van der Waals surface area (Å²) < 4.78 is 25.7. The van der Waals surface area contributed by atoms with E-state index >= 15 is 0 Å². The second-order valence-corrected chi connectivity index (χ2v) is 7.02. The molecule has 0 unspecified atom stereocenters. The van der Waals surface area contributed by atoms with Crippen molar-refractivity contribution in [3.05, 3.63) is 101 Å². The van der Waals surface area contributed by atoms with E-state index in [1.165, 1.54) is 19.2 Å². The van der Waals surface area contributed by atoms with Crippen LogP contribution in [-0.4, -0.2) is 23.2 Å². The van der Waals surface area contributed by atoms with Crippen LogP contribution >= 0.6 is 11.6 Å². The van der Waals surface area contributed by atoms with E-state index in [1.807, 2.05) is 30.3 Å². The largest absolute Gasteiger partial charge is 0.496 e. The van der Waals surface area contributed by atoms with E-state index in [2.05, 4.69) is 15.5 Å². The molecule has 156 valence electrons. The summed E-state index contributed by atoms with van der Waals surface area (Å²) in [6, 6.07) is 18.8. The first kappa shape index (κ1) is 20.6. The zero-order valence-electron chi connectivity index (χ0n) is 16.4. The van der Waals surface area contributed by atoms with Crippen molar-refractivity contribution in [3.63, 3.8) is 0 Å². The summed E-state index contributed by atoms with van der Waals surface area (Å²) in [7, 11) is 1.44. The SMILES string of the molecule is COc1ccc(Cl)cc1C(=O)N[C@@H](c1nnc(-c2ccccc2)o1)c1ccccc1F. The van der Waals surface area contributed by atoms with Crippen LogP contribution in [0, 0.1) is 5.82 Å². The standard InChI is InChI=1S/C23H17ClFN3O3/c1-30-19-12-11-15(24)13-17(19)21(29)26-20(16-9-5-6-10-18(16)25)23-28-27-22(31-23)14-7-3-2-4-8-14/h2-13,20H,1H3,(H,26,29)/t20-/m1/s1. The quantitative estimate of drug-likeness (QED) is 0.456. The van der Waals surface area contributed by atoms with Crippen LogP contribution in [0.5, 0.6) is 5.75 Å². The highest BCUT2D eigenvalue weighted by Gasteiger charge is 2.27. The lowest BCUT2D eigenvalue weighted by molar-refractivity contribution is 0.0934. The number of amides is 1. The van der Waals surface area contributed by atoms with E-state index in [0.29, 0.717) is 16.3 Å². The number of aromatic nitrogens is 2. The van der Waals surface area contributed by atoms with E-state index in [0.717, 1.165) is 0 Å². The minimum atomic E-state index is -1.03. The third-order valence-corrected chi connectivity index (χ3v) is 4.84. The van der Waals surface area contributed by atoms with Crippen molar-refractivity contribution in [1.82, 2.24) is 15.5 Å². The Morgan fingerprint density at radius 2 is 1.81 bits per heavy atom. The van der Waals surface area contributed by atoms with Gasteiger partial charge in [-0.1, -0.05) is 48.0 Å². The number of hydrogen-bond donors (Lipinski definition) is 1. The topological polar surface area (TPSA) is 77.2 Å². The lowest BCUT2D eigenvalue weighted by Crippen LogP contribution is -2.30. The van der Waals surface area contributed by atoms with Gasteiger partial charge in [0.25, 0.3) is 5.91 Å². The first-order valence-electron chi connectivity index (χ1n) is 9.34. The summed E-state index contributed by atoms with van der Waals surface area (Å²) in [4.78, 5) is 13.1. The molecule has 1 amide bonds. The Hall–Kier alpha value is -3.71. The average molecular weight is 438 g/mol. The van der Waals surface area contributed by atoms with Gasteiger partial charge in [-0.05, 0) is 36.4 Å². The molecule has 3 aromatic carbocycles. The zero-order chi connectivity index (χ0) is 21.8. The Bertz CT molecular complexity index is 1210. The number of ether oxygens (including phenoxy) is 1. The van der Waals surface area contributed by atoms with Gasteiger partial charge in [0.2, 0.25) is 11.8 Å². The molecule has 4 aromatic rings. The molecule has 0 spiro atoms. The molecular formula is C23H17ClFN3O3. The maximum Gasteiger partial charge on any atom is 0.256 e. The molecule has 0 aliphatic rings. The van der Waals surface area contributed by atoms with Gasteiger partial charge in [-0.2, -0.15) is 0 Å². The van der Waals surface area contributed by atoms with Crippen molar-refractivity contribution in [3.8, 4) is 17.2 Å². The Kier molecular flexibility index (Phi) is 5.95. The normalized spacial score (nSPS) is 11.7. The van der Waals surface area contributed by atoms with Crippen molar-refractivity contribution in [2.75, 3.05) is 7.11 Å². The van der Waals surface area contributed by atoms with Gasteiger partial charge in [-0.25, -0.2) is 4.39 Å².